The standard InChI is InChI=1S/C14H26N4O/c1-3-7-15-12(13-6-5-9-19-13)10-14-16-11-17-18(14)8-4-2/h11-13,15H,3-10H2,1-2H3. The lowest BCUT2D eigenvalue weighted by molar-refractivity contribution is 0.0774. The maximum atomic E-state index is 5.84. The molecule has 0 aliphatic carbocycles. The first kappa shape index (κ1) is 14.5. The largest absolute Gasteiger partial charge is 0.377 e. The first-order valence-electron chi connectivity index (χ1n) is 7.56. The molecule has 2 heterocycles. The third-order valence-electron chi connectivity index (χ3n) is 3.60. The molecule has 1 aliphatic rings. The molecule has 0 radical (unpaired) electrons. The molecular weight excluding hydrogens is 240 g/mol. The topological polar surface area (TPSA) is 52.0 Å². The smallest absolute Gasteiger partial charge is 0.138 e. The quantitative estimate of drug-likeness (QED) is 0.779. The van der Waals surface area contributed by atoms with Gasteiger partial charge < -0.3 is 10.1 Å². The van der Waals surface area contributed by atoms with Gasteiger partial charge in [-0.25, -0.2) is 4.98 Å². The van der Waals surface area contributed by atoms with E-state index in [0.717, 1.165) is 51.2 Å². The lowest BCUT2D eigenvalue weighted by Crippen LogP contribution is -2.42. The van der Waals surface area contributed by atoms with Crippen molar-refractivity contribution in [3.05, 3.63) is 12.2 Å². The molecule has 5 heteroatoms. The molecule has 0 saturated carbocycles. The van der Waals surface area contributed by atoms with Crippen LogP contribution in [0.3, 0.4) is 0 Å². The Morgan fingerprint density at radius 1 is 1.47 bits per heavy atom. The lowest BCUT2D eigenvalue weighted by Gasteiger charge is -2.24. The molecule has 2 atom stereocenters. The summed E-state index contributed by atoms with van der Waals surface area (Å²) in [4.78, 5) is 4.41. The normalized spacial score (nSPS) is 20.8. The van der Waals surface area contributed by atoms with Gasteiger partial charge in [-0.3, -0.25) is 4.68 Å². The molecule has 0 aromatic carbocycles. The molecule has 1 aliphatic heterocycles. The van der Waals surface area contributed by atoms with Gasteiger partial charge in [-0.2, -0.15) is 5.10 Å². The van der Waals surface area contributed by atoms with Crippen LogP contribution in [-0.4, -0.2) is 40.1 Å². The monoisotopic (exact) mass is 266 g/mol. The van der Waals surface area contributed by atoms with Crippen molar-refractivity contribution in [1.29, 1.82) is 0 Å². The van der Waals surface area contributed by atoms with Crippen molar-refractivity contribution in [2.45, 2.75) is 64.6 Å². The van der Waals surface area contributed by atoms with E-state index in [9.17, 15) is 0 Å². The SMILES string of the molecule is CCCNC(Cc1ncnn1CCC)C1CCCO1. The Kier molecular flexibility index (Phi) is 5.79. The zero-order valence-electron chi connectivity index (χ0n) is 12.1. The van der Waals surface area contributed by atoms with Crippen molar-refractivity contribution in [3.63, 3.8) is 0 Å². The van der Waals surface area contributed by atoms with Crippen LogP contribution in [0.1, 0.15) is 45.4 Å². The van der Waals surface area contributed by atoms with Crippen LogP contribution in [0.2, 0.25) is 0 Å². The van der Waals surface area contributed by atoms with Gasteiger partial charge in [0.2, 0.25) is 0 Å². The van der Waals surface area contributed by atoms with Gasteiger partial charge in [0.1, 0.15) is 12.2 Å². The summed E-state index contributed by atoms with van der Waals surface area (Å²) in [5.74, 6) is 1.07. The number of hydrogen-bond acceptors (Lipinski definition) is 4. The maximum absolute atomic E-state index is 5.84. The van der Waals surface area contributed by atoms with Crippen LogP contribution >= 0.6 is 0 Å². The van der Waals surface area contributed by atoms with Gasteiger partial charge >= 0.3 is 0 Å². The molecule has 0 spiro atoms. The zero-order chi connectivity index (χ0) is 13.5. The second-order valence-corrected chi connectivity index (χ2v) is 5.22. The number of nitrogens with one attached hydrogen (secondary N) is 1. The minimum Gasteiger partial charge on any atom is -0.377 e. The van der Waals surface area contributed by atoms with Crippen molar-refractivity contribution in [3.8, 4) is 0 Å². The predicted octanol–water partition coefficient (Wildman–Crippen LogP) is 1.78. The van der Waals surface area contributed by atoms with Crippen LogP contribution in [-0.2, 0) is 17.7 Å². The van der Waals surface area contributed by atoms with Crippen LogP contribution < -0.4 is 5.32 Å². The summed E-state index contributed by atoms with van der Waals surface area (Å²) in [6.45, 7) is 7.24. The van der Waals surface area contributed by atoms with Gasteiger partial charge in [0.05, 0.1) is 6.10 Å². The highest BCUT2D eigenvalue weighted by atomic mass is 16.5. The van der Waals surface area contributed by atoms with E-state index in [1.54, 1.807) is 6.33 Å². The Hall–Kier alpha value is -0.940. The number of rotatable bonds is 8. The maximum Gasteiger partial charge on any atom is 0.138 e. The second-order valence-electron chi connectivity index (χ2n) is 5.22. The highest BCUT2D eigenvalue weighted by Crippen LogP contribution is 2.18. The molecule has 2 rings (SSSR count). The Balaban J connectivity index is 1.99. The Morgan fingerprint density at radius 2 is 2.37 bits per heavy atom. The van der Waals surface area contributed by atoms with Crippen molar-refractivity contribution in [1.82, 2.24) is 20.1 Å². The van der Waals surface area contributed by atoms with Crippen molar-refractivity contribution >= 4 is 0 Å². The van der Waals surface area contributed by atoms with E-state index in [1.807, 2.05) is 4.68 Å². The van der Waals surface area contributed by atoms with Crippen molar-refractivity contribution in [2.24, 2.45) is 0 Å². The highest BCUT2D eigenvalue weighted by molar-refractivity contribution is 4.94. The van der Waals surface area contributed by atoms with E-state index in [2.05, 4.69) is 29.2 Å². The van der Waals surface area contributed by atoms with Crippen LogP contribution in [0, 0.1) is 0 Å². The number of aryl methyl sites for hydroxylation is 1. The molecule has 1 fully saturated rings. The van der Waals surface area contributed by atoms with Crippen LogP contribution in [0.4, 0.5) is 0 Å². The third-order valence-corrected chi connectivity index (χ3v) is 3.60. The fraction of sp³-hybridized carbons (Fsp3) is 0.857. The molecule has 108 valence electrons. The zero-order valence-corrected chi connectivity index (χ0v) is 12.1. The molecule has 1 saturated heterocycles. The van der Waals surface area contributed by atoms with E-state index in [1.165, 1.54) is 6.42 Å². The Bertz CT molecular complexity index is 360. The number of ether oxygens (including phenoxy) is 1. The number of hydrogen-bond donors (Lipinski definition) is 1. The van der Waals surface area contributed by atoms with Gasteiger partial charge in [0.25, 0.3) is 0 Å². The molecule has 0 amide bonds. The highest BCUT2D eigenvalue weighted by Gasteiger charge is 2.26. The summed E-state index contributed by atoms with van der Waals surface area (Å²) in [5, 5.41) is 7.92. The first-order chi connectivity index (χ1) is 9.35. The summed E-state index contributed by atoms with van der Waals surface area (Å²) in [6, 6.07) is 0.363. The fourth-order valence-corrected chi connectivity index (χ4v) is 2.63. The molecule has 19 heavy (non-hydrogen) atoms. The van der Waals surface area contributed by atoms with Gasteiger partial charge in [0.15, 0.2) is 0 Å². The predicted molar refractivity (Wildman–Crippen MR) is 75.1 cm³/mol. The lowest BCUT2D eigenvalue weighted by atomic mass is 10.0. The second kappa shape index (κ2) is 7.60. The average molecular weight is 266 g/mol. The van der Waals surface area contributed by atoms with E-state index in [4.69, 9.17) is 4.74 Å². The Labute approximate surface area is 115 Å². The fourth-order valence-electron chi connectivity index (χ4n) is 2.63. The summed E-state index contributed by atoms with van der Waals surface area (Å²) in [5.41, 5.74) is 0. The molecular formula is C14H26N4O. The Morgan fingerprint density at radius 3 is 3.05 bits per heavy atom. The molecule has 5 nitrogen and oxygen atoms in total. The van der Waals surface area contributed by atoms with E-state index in [0.29, 0.717) is 12.1 Å². The van der Waals surface area contributed by atoms with Crippen molar-refractivity contribution in [2.75, 3.05) is 13.2 Å². The van der Waals surface area contributed by atoms with Gasteiger partial charge in [-0.1, -0.05) is 13.8 Å². The molecule has 0 bridgehead atoms. The van der Waals surface area contributed by atoms with E-state index < -0.39 is 0 Å². The minimum atomic E-state index is 0.332. The van der Waals surface area contributed by atoms with Crippen molar-refractivity contribution < 1.29 is 4.74 Å². The number of nitrogens with zero attached hydrogens (tertiary/aromatic N) is 3. The van der Waals surface area contributed by atoms with E-state index >= 15 is 0 Å². The van der Waals surface area contributed by atoms with Gasteiger partial charge in [-0.15, -0.1) is 0 Å². The minimum absolute atomic E-state index is 0.332. The summed E-state index contributed by atoms with van der Waals surface area (Å²) in [7, 11) is 0. The molecule has 1 aromatic heterocycles. The van der Waals surface area contributed by atoms with Crippen LogP contribution in [0.5, 0.6) is 0 Å². The summed E-state index contributed by atoms with van der Waals surface area (Å²) < 4.78 is 7.86. The van der Waals surface area contributed by atoms with Crippen LogP contribution in [0.25, 0.3) is 0 Å². The summed E-state index contributed by atoms with van der Waals surface area (Å²) >= 11 is 0. The average Bonchev–Trinajstić information content (AvgIpc) is 3.06. The molecule has 1 aromatic rings. The first-order valence-corrected chi connectivity index (χ1v) is 7.56. The van der Waals surface area contributed by atoms with Gasteiger partial charge in [0, 0.05) is 25.6 Å². The number of aromatic nitrogens is 3. The summed E-state index contributed by atoms with van der Waals surface area (Å²) in [6.07, 6.45) is 7.47. The van der Waals surface area contributed by atoms with Crippen LogP contribution in [0.15, 0.2) is 6.33 Å². The molecule has 2 unspecified atom stereocenters. The third kappa shape index (κ3) is 4.01. The van der Waals surface area contributed by atoms with Gasteiger partial charge in [-0.05, 0) is 32.2 Å². The van der Waals surface area contributed by atoms with E-state index in [-0.39, 0.29) is 0 Å². The molecule has 1 N–H and O–H groups in total.